The first-order chi connectivity index (χ1) is 13.9. The van der Waals surface area contributed by atoms with Crippen molar-refractivity contribution in [1.82, 2.24) is 0 Å². The largest absolute Gasteiger partial charge is 0.435 e. The summed E-state index contributed by atoms with van der Waals surface area (Å²) in [6.45, 7) is -3.00. The highest BCUT2D eigenvalue weighted by Crippen LogP contribution is 2.27. The van der Waals surface area contributed by atoms with Gasteiger partial charge in [0.15, 0.2) is 0 Å². The lowest BCUT2D eigenvalue weighted by atomic mass is 9.88. The highest BCUT2D eigenvalue weighted by molar-refractivity contribution is 6.05. The van der Waals surface area contributed by atoms with Crippen molar-refractivity contribution in [3.05, 3.63) is 53.8 Å². The van der Waals surface area contributed by atoms with Crippen LogP contribution in [0.2, 0.25) is 0 Å². The Labute approximate surface area is 166 Å². The summed E-state index contributed by atoms with van der Waals surface area (Å²) in [5.41, 5.74) is 0.337. The molecule has 29 heavy (non-hydrogen) atoms. The summed E-state index contributed by atoms with van der Waals surface area (Å²) in [6.07, 6.45) is 4.61. The maximum atomic E-state index is 14.1. The van der Waals surface area contributed by atoms with Crippen molar-refractivity contribution in [1.29, 1.82) is 0 Å². The fourth-order valence-corrected chi connectivity index (χ4v) is 3.32. The normalized spacial score (nSPS) is 14.5. The van der Waals surface area contributed by atoms with E-state index in [0.29, 0.717) is 0 Å². The molecule has 1 aliphatic carbocycles. The van der Waals surface area contributed by atoms with Crippen molar-refractivity contribution >= 4 is 23.2 Å². The first-order valence-corrected chi connectivity index (χ1v) is 9.39. The van der Waals surface area contributed by atoms with Gasteiger partial charge in [0.1, 0.15) is 11.6 Å². The third-order valence-electron chi connectivity index (χ3n) is 4.78. The van der Waals surface area contributed by atoms with Crippen LogP contribution in [-0.2, 0) is 4.79 Å². The van der Waals surface area contributed by atoms with E-state index in [-0.39, 0.29) is 34.5 Å². The van der Waals surface area contributed by atoms with Gasteiger partial charge in [-0.3, -0.25) is 9.59 Å². The van der Waals surface area contributed by atoms with E-state index >= 15 is 0 Å². The van der Waals surface area contributed by atoms with Gasteiger partial charge in [-0.15, -0.1) is 0 Å². The SMILES string of the molecule is O=C(Nc1ccc(F)c(NC(=O)C2CCCCC2)c1)c1cccc(OC(F)F)c1. The molecule has 1 aliphatic rings. The quantitative estimate of drug-likeness (QED) is 0.693. The maximum Gasteiger partial charge on any atom is 0.387 e. The van der Waals surface area contributed by atoms with Gasteiger partial charge in [-0.05, 0) is 49.2 Å². The van der Waals surface area contributed by atoms with Crippen molar-refractivity contribution in [2.24, 2.45) is 5.92 Å². The zero-order valence-corrected chi connectivity index (χ0v) is 15.6. The summed E-state index contributed by atoms with van der Waals surface area (Å²) in [6, 6.07) is 9.14. The standard InChI is InChI=1S/C21H21F3N2O3/c22-17-10-9-15(12-18(17)26-19(27)13-5-2-1-3-6-13)25-20(28)14-7-4-8-16(11-14)29-21(23)24/h4,7-13,21H,1-3,5-6H2,(H,25,28)(H,26,27). The molecule has 8 heteroatoms. The van der Waals surface area contributed by atoms with Crippen LogP contribution in [0.4, 0.5) is 24.5 Å². The molecule has 154 valence electrons. The number of anilines is 2. The predicted molar refractivity (Wildman–Crippen MR) is 103 cm³/mol. The van der Waals surface area contributed by atoms with E-state index < -0.39 is 18.3 Å². The van der Waals surface area contributed by atoms with E-state index in [9.17, 15) is 22.8 Å². The van der Waals surface area contributed by atoms with Gasteiger partial charge in [0.25, 0.3) is 5.91 Å². The van der Waals surface area contributed by atoms with Gasteiger partial charge < -0.3 is 15.4 Å². The van der Waals surface area contributed by atoms with E-state index in [1.54, 1.807) is 0 Å². The van der Waals surface area contributed by atoms with Crippen LogP contribution in [0.3, 0.4) is 0 Å². The fraction of sp³-hybridized carbons (Fsp3) is 0.333. The number of hydrogen-bond acceptors (Lipinski definition) is 3. The Balaban J connectivity index is 1.69. The smallest absolute Gasteiger partial charge is 0.387 e. The summed E-state index contributed by atoms with van der Waals surface area (Å²) in [5.74, 6) is -1.71. The fourth-order valence-electron chi connectivity index (χ4n) is 3.32. The zero-order valence-electron chi connectivity index (χ0n) is 15.6. The molecule has 0 aliphatic heterocycles. The first kappa shape index (κ1) is 20.7. The average Bonchev–Trinajstić information content (AvgIpc) is 2.71. The number of rotatable bonds is 6. The van der Waals surface area contributed by atoms with E-state index in [2.05, 4.69) is 15.4 Å². The second kappa shape index (κ2) is 9.45. The topological polar surface area (TPSA) is 67.4 Å². The van der Waals surface area contributed by atoms with Crippen LogP contribution in [0, 0.1) is 11.7 Å². The molecule has 1 fully saturated rings. The molecule has 3 rings (SSSR count). The van der Waals surface area contributed by atoms with Crippen LogP contribution in [0.25, 0.3) is 0 Å². The lowest BCUT2D eigenvalue weighted by Crippen LogP contribution is -2.25. The number of carbonyl (C=O) groups is 2. The van der Waals surface area contributed by atoms with E-state index in [1.807, 2.05) is 0 Å². The van der Waals surface area contributed by atoms with Gasteiger partial charge >= 0.3 is 6.61 Å². The number of hydrogen-bond donors (Lipinski definition) is 2. The molecular weight excluding hydrogens is 385 g/mol. The third kappa shape index (κ3) is 5.73. The summed E-state index contributed by atoms with van der Waals surface area (Å²) in [5, 5.41) is 5.15. The van der Waals surface area contributed by atoms with Gasteiger partial charge in [0.2, 0.25) is 5.91 Å². The molecule has 0 aromatic heterocycles. The van der Waals surface area contributed by atoms with Gasteiger partial charge in [-0.2, -0.15) is 8.78 Å². The van der Waals surface area contributed by atoms with Crippen molar-refractivity contribution in [3.8, 4) is 5.75 Å². The Hall–Kier alpha value is -3.03. The molecule has 2 amide bonds. The number of alkyl halides is 2. The van der Waals surface area contributed by atoms with E-state index in [0.717, 1.165) is 38.2 Å². The zero-order chi connectivity index (χ0) is 20.8. The monoisotopic (exact) mass is 406 g/mol. The molecule has 0 heterocycles. The van der Waals surface area contributed by atoms with E-state index in [4.69, 9.17) is 0 Å². The van der Waals surface area contributed by atoms with Gasteiger partial charge in [0, 0.05) is 17.2 Å². The molecule has 2 N–H and O–H groups in total. The minimum absolute atomic E-state index is 0.0202. The van der Waals surface area contributed by atoms with Crippen LogP contribution in [-0.4, -0.2) is 18.4 Å². The summed E-state index contributed by atoms with van der Waals surface area (Å²) in [4.78, 5) is 24.7. The number of nitrogens with one attached hydrogen (secondary N) is 2. The van der Waals surface area contributed by atoms with Crippen molar-refractivity contribution in [2.45, 2.75) is 38.7 Å². The highest BCUT2D eigenvalue weighted by atomic mass is 19.3. The minimum atomic E-state index is -3.00. The first-order valence-electron chi connectivity index (χ1n) is 9.39. The van der Waals surface area contributed by atoms with Gasteiger partial charge in [0.05, 0.1) is 5.69 Å². The molecule has 0 bridgehead atoms. The molecule has 2 aromatic carbocycles. The Morgan fingerprint density at radius 2 is 1.76 bits per heavy atom. The molecule has 0 unspecified atom stereocenters. The number of halogens is 3. The Kier molecular flexibility index (Phi) is 6.74. The second-order valence-corrected chi connectivity index (χ2v) is 6.88. The van der Waals surface area contributed by atoms with Crippen LogP contribution in [0.15, 0.2) is 42.5 Å². The lowest BCUT2D eigenvalue weighted by molar-refractivity contribution is -0.120. The van der Waals surface area contributed by atoms with Crippen LogP contribution in [0.1, 0.15) is 42.5 Å². The Morgan fingerprint density at radius 1 is 1.00 bits per heavy atom. The molecule has 5 nitrogen and oxygen atoms in total. The molecule has 2 aromatic rings. The Morgan fingerprint density at radius 3 is 2.48 bits per heavy atom. The van der Waals surface area contributed by atoms with Crippen LogP contribution in [0.5, 0.6) is 5.75 Å². The van der Waals surface area contributed by atoms with Crippen LogP contribution < -0.4 is 15.4 Å². The van der Waals surface area contributed by atoms with Crippen molar-refractivity contribution in [3.63, 3.8) is 0 Å². The summed E-state index contributed by atoms with van der Waals surface area (Å²) >= 11 is 0. The number of amides is 2. The van der Waals surface area contributed by atoms with E-state index in [1.165, 1.54) is 36.4 Å². The lowest BCUT2D eigenvalue weighted by Gasteiger charge is -2.21. The molecular formula is C21H21F3N2O3. The van der Waals surface area contributed by atoms with Crippen molar-refractivity contribution < 1.29 is 27.5 Å². The Bertz CT molecular complexity index is 883. The molecule has 0 saturated heterocycles. The third-order valence-corrected chi connectivity index (χ3v) is 4.78. The average molecular weight is 406 g/mol. The number of carbonyl (C=O) groups excluding carboxylic acids is 2. The summed E-state index contributed by atoms with van der Waals surface area (Å²) < 4.78 is 43.1. The molecule has 0 atom stereocenters. The maximum absolute atomic E-state index is 14.1. The van der Waals surface area contributed by atoms with Crippen LogP contribution >= 0.6 is 0 Å². The summed E-state index contributed by atoms with van der Waals surface area (Å²) in [7, 11) is 0. The highest BCUT2D eigenvalue weighted by Gasteiger charge is 2.22. The molecule has 0 spiro atoms. The van der Waals surface area contributed by atoms with Gasteiger partial charge in [-0.1, -0.05) is 25.3 Å². The van der Waals surface area contributed by atoms with Gasteiger partial charge in [-0.25, -0.2) is 4.39 Å². The number of benzene rings is 2. The second-order valence-electron chi connectivity index (χ2n) is 6.88. The predicted octanol–water partition coefficient (Wildman–Crippen LogP) is 5.20. The molecule has 1 saturated carbocycles. The van der Waals surface area contributed by atoms with Crippen molar-refractivity contribution in [2.75, 3.05) is 10.6 Å². The minimum Gasteiger partial charge on any atom is -0.435 e. The molecule has 0 radical (unpaired) electrons. The number of ether oxygens (including phenoxy) is 1.